The van der Waals surface area contributed by atoms with Crippen LogP contribution in [-0.4, -0.2) is 39.1 Å². The number of carbonyl (C=O) groups excluding carboxylic acids is 2. The van der Waals surface area contributed by atoms with Gasteiger partial charge in [0.1, 0.15) is 0 Å². The molecule has 0 radical (unpaired) electrons. The third-order valence-electron chi connectivity index (χ3n) is 5.87. The van der Waals surface area contributed by atoms with Crippen LogP contribution in [0.1, 0.15) is 60.9 Å². The van der Waals surface area contributed by atoms with E-state index in [4.69, 9.17) is 0 Å². The summed E-state index contributed by atoms with van der Waals surface area (Å²) >= 11 is 0. The predicted molar refractivity (Wildman–Crippen MR) is 132 cm³/mol. The fourth-order valence-corrected chi connectivity index (χ4v) is 5.06. The van der Waals surface area contributed by atoms with E-state index in [0.717, 1.165) is 37.5 Å². The van der Waals surface area contributed by atoms with Gasteiger partial charge in [-0.1, -0.05) is 49.1 Å². The highest BCUT2D eigenvalue weighted by Crippen LogP contribution is 2.21. The third kappa shape index (κ3) is 7.32. The van der Waals surface area contributed by atoms with Crippen molar-refractivity contribution in [1.82, 2.24) is 5.32 Å². The van der Waals surface area contributed by atoms with Crippen LogP contribution in [0, 0.1) is 6.92 Å². The fraction of sp³-hybridized carbons (Fsp3) is 0.440. The maximum absolute atomic E-state index is 12.8. The number of aryl methyl sites for hydroxylation is 1. The Morgan fingerprint density at radius 1 is 1.00 bits per heavy atom. The van der Waals surface area contributed by atoms with Crippen molar-refractivity contribution in [3.8, 4) is 0 Å². The highest BCUT2D eigenvalue weighted by Gasteiger charge is 2.20. The summed E-state index contributed by atoms with van der Waals surface area (Å²) in [6.07, 6.45) is 7.07. The molecular formula is C25H33N3O4S. The van der Waals surface area contributed by atoms with Gasteiger partial charge in [-0.25, -0.2) is 8.42 Å². The molecule has 0 bridgehead atoms. The van der Waals surface area contributed by atoms with E-state index in [0.29, 0.717) is 23.4 Å². The zero-order valence-electron chi connectivity index (χ0n) is 19.3. The van der Waals surface area contributed by atoms with Gasteiger partial charge in [0.25, 0.3) is 5.91 Å². The smallest absolute Gasteiger partial charge is 0.253 e. The number of hydrogen-bond acceptors (Lipinski definition) is 4. The number of anilines is 2. The van der Waals surface area contributed by atoms with Gasteiger partial charge in [-0.2, -0.15) is 0 Å². The van der Waals surface area contributed by atoms with Crippen molar-refractivity contribution < 1.29 is 18.0 Å². The van der Waals surface area contributed by atoms with E-state index in [9.17, 15) is 18.0 Å². The fourth-order valence-electron chi connectivity index (χ4n) is 4.09. The lowest BCUT2D eigenvalue weighted by atomic mass is 9.95. The van der Waals surface area contributed by atoms with Gasteiger partial charge in [-0.15, -0.1) is 0 Å². The van der Waals surface area contributed by atoms with Crippen LogP contribution in [0.5, 0.6) is 0 Å². The molecule has 0 saturated heterocycles. The third-order valence-corrected chi connectivity index (χ3v) is 7.07. The van der Waals surface area contributed by atoms with Crippen molar-refractivity contribution in [1.29, 1.82) is 0 Å². The van der Waals surface area contributed by atoms with Gasteiger partial charge >= 0.3 is 0 Å². The molecule has 33 heavy (non-hydrogen) atoms. The number of nitrogens with zero attached hydrogens (tertiary/aromatic N) is 1. The van der Waals surface area contributed by atoms with Gasteiger partial charge in [0, 0.05) is 19.0 Å². The number of para-hydroxylation sites is 1. The lowest BCUT2D eigenvalue weighted by Gasteiger charge is -2.23. The molecule has 0 atom stereocenters. The molecule has 3 rings (SSSR count). The zero-order chi connectivity index (χ0) is 23.8. The summed E-state index contributed by atoms with van der Waals surface area (Å²) in [6, 6.07) is 14.4. The van der Waals surface area contributed by atoms with Crippen LogP contribution >= 0.6 is 0 Å². The molecule has 0 unspecified atom stereocenters. The molecule has 0 heterocycles. The Kier molecular flexibility index (Phi) is 8.49. The van der Waals surface area contributed by atoms with Gasteiger partial charge in [0.05, 0.1) is 23.2 Å². The van der Waals surface area contributed by atoms with Crippen LogP contribution in [0.3, 0.4) is 0 Å². The SMILES string of the molecule is Cc1ccc(N(CCCC(=O)Nc2ccccc2C(=O)NC2CCCCC2)S(C)(=O)=O)cc1. The van der Waals surface area contributed by atoms with Crippen LogP contribution in [0.25, 0.3) is 0 Å². The maximum Gasteiger partial charge on any atom is 0.253 e. The molecule has 1 fully saturated rings. The number of nitrogens with one attached hydrogen (secondary N) is 2. The first-order chi connectivity index (χ1) is 15.7. The predicted octanol–water partition coefficient (Wildman–Crippen LogP) is 4.24. The maximum atomic E-state index is 12.8. The van der Waals surface area contributed by atoms with Crippen LogP contribution < -0.4 is 14.9 Å². The first-order valence-corrected chi connectivity index (χ1v) is 13.3. The summed E-state index contributed by atoms with van der Waals surface area (Å²) in [4.78, 5) is 25.4. The number of carbonyl (C=O) groups is 2. The summed E-state index contributed by atoms with van der Waals surface area (Å²) in [5.41, 5.74) is 2.52. The topological polar surface area (TPSA) is 95.6 Å². The molecule has 8 heteroatoms. The Hall–Kier alpha value is -2.87. The average Bonchev–Trinajstić information content (AvgIpc) is 2.78. The van der Waals surface area contributed by atoms with Crippen molar-refractivity contribution >= 4 is 33.2 Å². The number of rotatable bonds is 9. The summed E-state index contributed by atoms with van der Waals surface area (Å²) < 4.78 is 25.8. The molecule has 0 aromatic heterocycles. The van der Waals surface area contributed by atoms with Gasteiger partial charge in [0.15, 0.2) is 0 Å². The normalized spacial score (nSPS) is 14.5. The minimum atomic E-state index is -3.47. The van der Waals surface area contributed by atoms with E-state index in [1.165, 1.54) is 10.7 Å². The molecule has 7 nitrogen and oxygen atoms in total. The summed E-state index contributed by atoms with van der Waals surface area (Å²) in [5.74, 6) is -0.439. The molecule has 2 amide bonds. The molecule has 0 spiro atoms. The summed E-state index contributed by atoms with van der Waals surface area (Å²) in [6.45, 7) is 2.13. The van der Waals surface area contributed by atoms with Crippen molar-refractivity contribution in [3.05, 3.63) is 59.7 Å². The highest BCUT2D eigenvalue weighted by molar-refractivity contribution is 7.92. The second kappa shape index (κ2) is 11.3. The van der Waals surface area contributed by atoms with Gasteiger partial charge in [0.2, 0.25) is 15.9 Å². The first-order valence-electron chi connectivity index (χ1n) is 11.5. The second-order valence-electron chi connectivity index (χ2n) is 8.68. The highest BCUT2D eigenvalue weighted by atomic mass is 32.2. The van der Waals surface area contributed by atoms with Crippen LogP contribution in [0.15, 0.2) is 48.5 Å². The minimum Gasteiger partial charge on any atom is -0.349 e. The largest absolute Gasteiger partial charge is 0.349 e. The van der Waals surface area contributed by atoms with Crippen molar-refractivity contribution in [2.75, 3.05) is 22.4 Å². The van der Waals surface area contributed by atoms with Crippen LogP contribution in [0.2, 0.25) is 0 Å². The first kappa shape index (κ1) is 24.8. The Bertz CT molecular complexity index is 1060. The quantitative estimate of drug-likeness (QED) is 0.572. The molecule has 2 aromatic carbocycles. The van der Waals surface area contributed by atoms with Gasteiger partial charge < -0.3 is 10.6 Å². The number of benzene rings is 2. The van der Waals surface area contributed by atoms with E-state index < -0.39 is 10.0 Å². The summed E-state index contributed by atoms with van der Waals surface area (Å²) in [5, 5.41) is 5.90. The van der Waals surface area contributed by atoms with E-state index in [1.807, 2.05) is 19.1 Å². The minimum absolute atomic E-state index is 0.135. The number of sulfonamides is 1. The molecular weight excluding hydrogens is 438 g/mol. The van der Waals surface area contributed by atoms with Crippen LogP contribution in [0.4, 0.5) is 11.4 Å². The Morgan fingerprint density at radius 3 is 2.33 bits per heavy atom. The molecule has 1 saturated carbocycles. The van der Waals surface area contributed by atoms with Gasteiger partial charge in [-0.05, 0) is 50.5 Å². The molecule has 2 aromatic rings. The lowest BCUT2D eigenvalue weighted by molar-refractivity contribution is -0.116. The second-order valence-corrected chi connectivity index (χ2v) is 10.6. The molecule has 1 aliphatic rings. The van der Waals surface area contributed by atoms with E-state index in [2.05, 4.69) is 10.6 Å². The van der Waals surface area contributed by atoms with Gasteiger partial charge in [-0.3, -0.25) is 13.9 Å². The molecule has 2 N–H and O–H groups in total. The molecule has 0 aliphatic heterocycles. The Morgan fingerprint density at radius 2 is 1.67 bits per heavy atom. The summed E-state index contributed by atoms with van der Waals surface area (Å²) in [7, 11) is -3.47. The van der Waals surface area contributed by atoms with E-state index in [-0.39, 0.29) is 30.8 Å². The molecule has 1 aliphatic carbocycles. The van der Waals surface area contributed by atoms with Crippen molar-refractivity contribution in [2.45, 2.75) is 57.9 Å². The molecule has 178 valence electrons. The van der Waals surface area contributed by atoms with Crippen molar-refractivity contribution in [3.63, 3.8) is 0 Å². The zero-order valence-corrected chi connectivity index (χ0v) is 20.2. The Balaban J connectivity index is 1.58. The number of hydrogen-bond donors (Lipinski definition) is 2. The average molecular weight is 472 g/mol. The van der Waals surface area contributed by atoms with Crippen LogP contribution in [-0.2, 0) is 14.8 Å². The monoisotopic (exact) mass is 471 g/mol. The van der Waals surface area contributed by atoms with E-state index >= 15 is 0 Å². The lowest BCUT2D eigenvalue weighted by Crippen LogP contribution is -2.36. The van der Waals surface area contributed by atoms with E-state index in [1.54, 1.807) is 36.4 Å². The van der Waals surface area contributed by atoms with Crippen molar-refractivity contribution in [2.24, 2.45) is 0 Å². The Labute approximate surface area is 196 Å². The standard InChI is InChI=1S/C25H33N3O4S/c1-19-14-16-21(17-15-19)28(33(2,31)32)18-8-13-24(29)27-23-12-7-6-11-22(23)25(30)26-20-9-4-3-5-10-20/h6-7,11-12,14-17,20H,3-5,8-10,13,18H2,1-2H3,(H,26,30)(H,27,29). The number of amides is 2.